The maximum atomic E-state index is 9.37. The number of hydrogen-bond donors (Lipinski definition) is 0. The van der Waals surface area contributed by atoms with E-state index in [1.54, 1.807) is 0 Å². The maximum Gasteiger partial charge on any atom is 0.453 e. The monoisotopic (exact) mass is 147 g/mol. The molecule has 0 N–H and O–H groups in total. The smallest absolute Gasteiger partial charge is 0.351 e. The van der Waals surface area contributed by atoms with Gasteiger partial charge >= 0.3 is 6.47 Å². The fourth-order valence-corrected chi connectivity index (χ4v) is 0.387. The van der Waals surface area contributed by atoms with Gasteiger partial charge in [0, 0.05) is 6.61 Å². The van der Waals surface area contributed by atoms with E-state index in [2.05, 4.69) is 16.7 Å². The summed E-state index contributed by atoms with van der Waals surface area (Å²) in [6, 6.07) is 0. The topological polar surface area (TPSA) is 44.8 Å². The standard InChI is InChI=1S/C6H11O4/c1-2-3-4-8-6-10-9-5-7/h2-4,6H2,1H3. The summed E-state index contributed by atoms with van der Waals surface area (Å²) in [4.78, 5) is 17.3. The van der Waals surface area contributed by atoms with Crippen LogP contribution >= 0.6 is 0 Å². The number of carbonyl (C=O) groups excluding carboxylic acids is 1. The molecule has 0 saturated heterocycles. The molecule has 4 heteroatoms. The van der Waals surface area contributed by atoms with Crippen LogP contribution in [0.4, 0.5) is 0 Å². The number of unbranched alkanes of at least 4 members (excludes halogenated alkanes) is 1. The molecule has 0 unspecified atom stereocenters. The molecule has 0 atom stereocenters. The lowest BCUT2D eigenvalue weighted by Crippen LogP contribution is -2.01. The zero-order valence-electron chi connectivity index (χ0n) is 5.96. The highest BCUT2D eigenvalue weighted by Gasteiger charge is 1.87. The second-order valence-electron chi connectivity index (χ2n) is 1.66. The molecule has 0 heterocycles. The summed E-state index contributed by atoms with van der Waals surface area (Å²) in [5.74, 6) is 0. The Labute approximate surface area is 60.0 Å². The van der Waals surface area contributed by atoms with Gasteiger partial charge in [-0.1, -0.05) is 13.3 Å². The van der Waals surface area contributed by atoms with E-state index in [1.807, 2.05) is 0 Å². The number of rotatable bonds is 7. The van der Waals surface area contributed by atoms with Gasteiger partial charge in [0.15, 0.2) is 6.79 Å². The van der Waals surface area contributed by atoms with Crippen molar-refractivity contribution in [2.45, 2.75) is 19.8 Å². The predicted octanol–water partition coefficient (Wildman–Crippen LogP) is 0.776. The molecular formula is C6H11O4. The molecule has 59 valence electrons. The largest absolute Gasteiger partial charge is 0.453 e. The zero-order chi connectivity index (χ0) is 7.66. The van der Waals surface area contributed by atoms with Gasteiger partial charge in [-0.15, -0.1) is 0 Å². The number of ether oxygens (including phenoxy) is 1. The van der Waals surface area contributed by atoms with Crippen molar-refractivity contribution in [1.29, 1.82) is 0 Å². The molecule has 0 aliphatic heterocycles. The Morgan fingerprint density at radius 1 is 1.50 bits per heavy atom. The summed E-state index contributed by atoms with van der Waals surface area (Å²) in [5, 5.41) is 0. The zero-order valence-corrected chi connectivity index (χ0v) is 5.96. The van der Waals surface area contributed by atoms with Gasteiger partial charge in [-0.25, -0.2) is 4.79 Å². The Kier molecular flexibility index (Phi) is 7.88. The maximum absolute atomic E-state index is 9.37. The molecule has 0 aliphatic carbocycles. The van der Waals surface area contributed by atoms with Gasteiger partial charge < -0.3 is 4.74 Å². The minimum Gasteiger partial charge on any atom is -0.351 e. The molecule has 0 fully saturated rings. The first-order chi connectivity index (χ1) is 4.91. The molecule has 4 nitrogen and oxygen atoms in total. The van der Waals surface area contributed by atoms with Crippen molar-refractivity contribution >= 4 is 6.47 Å². The molecule has 0 aliphatic rings. The van der Waals surface area contributed by atoms with Gasteiger partial charge in [-0.3, -0.25) is 4.89 Å². The SMILES string of the molecule is CCCCOCOO[C]=O. The van der Waals surface area contributed by atoms with Crippen LogP contribution < -0.4 is 0 Å². The van der Waals surface area contributed by atoms with Crippen molar-refractivity contribution in [3.05, 3.63) is 0 Å². The van der Waals surface area contributed by atoms with E-state index in [0.29, 0.717) is 6.61 Å². The Hall–Kier alpha value is -0.610. The minimum absolute atomic E-state index is 0.0186. The van der Waals surface area contributed by atoms with E-state index < -0.39 is 0 Å². The highest BCUT2D eigenvalue weighted by Crippen LogP contribution is 1.87. The molecular weight excluding hydrogens is 136 g/mol. The van der Waals surface area contributed by atoms with Gasteiger partial charge in [0.1, 0.15) is 0 Å². The summed E-state index contributed by atoms with van der Waals surface area (Å²) in [5.41, 5.74) is 0. The molecule has 0 spiro atoms. The average Bonchev–Trinajstić information content (AvgIpc) is 1.97. The summed E-state index contributed by atoms with van der Waals surface area (Å²) < 4.78 is 4.85. The van der Waals surface area contributed by atoms with Crippen molar-refractivity contribution in [3.63, 3.8) is 0 Å². The average molecular weight is 147 g/mol. The van der Waals surface area contributed by atoms with E-state index >= 15 is 0 Å². The van der Waals surface area contributed by atoms with E-state index in [4.69, 9.17) is 4.74 Å². The molecule has 0 saturated carbocycles. The van der Waals surface area contributed by atoms with Crippen molar-refractivity contribution in [2.75, 3.05) is 13.4 Å². The van der Waals surface area contributed by atoms with Crippen molar-refractivity contribution in [1.82, 2.24) is 0 Å². The molecule has 0 rings (SSSR count). The third-order valence-electron chi connectivity index (χ3n) is 0.867. The first-order valence-electron chi connectivity index (χ1n) is 3.15. The third kappa shape index (κ3) is 7.39. The van der Waals surface area contributed by atoms with Crippen LogP contribution in [-0.2, 0) is 19.3 Å². The fraction of sp³-hybridized carbons (Fsp3) is 0.833. The lowest BCUT2D eigenvalue weighted by atomic mass is 10.4. The molecule has 0 aromatic rings. The van der Waals surface area contributed by atoms with Crippen LogP contribution in [0.25, 0.3) is 0 Å². The minimum atomic E-state index is -0.0186. The highest BCUT2D eigenvalue weighted by molar-refractivity contribution is 5.36. The lowest BCUT2D eigenvalue weighted by molar-refractivity contribution is -0.278. The molecule has 0 aromatic heterocycles. The van der Waals surface area contributed by atoms with Crippen LogP contribution in [-0.4, -0.2) is 19.9 Å². The fourth-order valence-electron chi connectivity index (χ4n) is 0.387. The van der Waals surface area contributed by atoms with Crippen LogP contribution in [0.3, 0.4) is 0 Å². The van der Waals surface area contributed by atoms with Gasteiger partial charge in [0.05, 0.1) is 0 Å². The highest BCUT2D eigenvalue weighted by atomic mass is 17.2. The second-order valence-corrected chi connectivity index (χ2v) is 1.66. The predicted molar refractivity (Wildman–Crippen MR) is 33.6 cm³/mol. The van der Waals surface area contributed by atoms with Gasteiger partial charge in [0.25, 0.3) is 0 Å². The van der Waals surface area contributed by atoms with Gasteiger partial charge in [-0.05, 0) is 6.42 Å². The van der Waals surface area contributed by atoms with E-state index in [9.17, 15) is 4.79 Å². The first-order valence-corrected chi connectivity index (χ1v) is 3.15. The van der Waals surface area contributed by atoms with E-state index in [1.165, 1.54) is 0 Å². The van der Waals surface area contributed by atoms with Gasteiger partial charge in [0.2, 0.25) is 0 Å². The number of hydrogen-bond acceptors (Lipinski definition) is 4. The lowest BCUT2D eigenvalue weighted by Gasteiger charge is -1.99. The van der Waals surface area contributed by atoms with Crippen LogP contribution in [0.15, 0.2) is 0 Å². The normalized spacial score (nSPS) is 9.30. The first kappa shape index (κ1) is 9.39. The molecule has 0 aromatic carbocycles. The summed E-state index contributed by atoms with van der Waals surface area (Å²) in [6.45, 7) is 3.77. The van der Waals surface area contributed by atoms with E-state index in [0.717, 1.165) is 19.3 Å². The Morgan fingerprint density at radius 3 is 2.90 bits per heavy atom. The van der Waals surface area contributed by atoms with Crippen molar-refractivity contribution < 1.29 is 19.3 Å². The third-order valence-corrected chi connectivity index (χ3v) is 0.867. The Bertz CT molecular complexity index is 74.1. The van der Waals surface area contributed by atoms with E-state index in [-0.39, 0.29) is 6.79 Å². The van der Waals surface area contributed by atoms with Crippen LogP contribution in [0.1, 0.15) is 19.8 Å². The van der Waals surface area contributed by atoms with Gasteiger partial charge in [-0.2, -0.15) is 4.89 Å². The van der Waals surface area contributed by atoms with Crippen LogP contribution in [0, 0.1) is 0 Å². The molecule has 0 bridgehead atoms. The Morgan fingerprint density at radius 2 is 2.30 bits per heavy atom. The summed E-state index contributed by atoms with van der Waals surface area (Å²) in [6.07, 6.45) is 2.05. The molecule has 10 heavy (non-hydrogen) atoms. The Balaban J connectivity index is 2.70. The van der Waals surface area contributed by atoms with Crippen LogP contribution in [0.2, 0.25) is 0 Å². The molecule has 1 radical (unpaired) electrons. The quantitative estimate of drug-likeness (QED) is 0.231. The van der Waals surface area contributed by atoms with Crippen molar-refractivity contribution in [3.8, 4) is 0 Å². The van der Waals surface area contributed by atoms with Crippen molar-refractivity contribution in [2.24, 2.45) is 0 Å². The summed E-state index contributed by atoms with van der Waals surface area (Å²) >= 11 is 0. The summed E-state index contributed by atoms with van der Waals surface area (Å²) in [7, 11) is 0. The second kappa shape index (κ2) is 8.39. The van der Waals surface area contributed by atoms with Crippen LogP contribution in [0.5, 0.6) is 0 Å². The molecule has 0 amide bonds.